The molecular weight excluding hydrogens is 137 g/mol. The smallest absolute Gasteiger partial charge is 0.409 e. The molecule has 4 heteroatoms. The van der Waals surface area contributed by atoms with Gasteiger partial charge in [0.1, 0.15) is 0 Å². The van der Waals surface area contributed by atoms with Crippen molar-refractivity contribution in [2.75, 3.05) is 6.54 Å². The molecular formula is C5H12NO2P. The highest BCUT2D eigenvalue weighted by Gasteiger charge is 1.93. The molecule has 0 aliphatic carbocycles. The summed E-state index contributed by atoms with van der Waals surface area (Å²) < 4.78 is 4.26. The van der Waals surface area contributed by atoms with Crippen molar-refractivity contribution in [2.45, 2.75) is 19.8 Å². The number of nitrogens with one attached hydrogen (secondary N) is 1. The van der Waals surface area contributed by atoms with Gasteiger partial charge in [-0.25, -0.2) is 4.79 Å². The van der Waals surface area contributed by atoms with Crippen LogP contribution < -0.4 is 5.32 Å². The SMILES string of the molecule is CCCCNC(=O)OP. The van der Waals surface area contributed by atoms with Gasteiger partial charge in [0.05, 0.1) is 9.47 Å². The Kier molecular flexibility index (Phi) is 5.64. The van der Waals surface area contributed by atoms with Crippen LogP contribution in [0.15, 0.2) is 0 Å². The Balaban J connectivity index is 2.97. The first-order valence-corrected chi connectivity index (χ1v) is 3.43. The predicted molar refractivity (Wildman–Crippen MR) is 39.1 cm³/mol. The van der Waals surface area contributed by atoms with E-state index in [-0.39, 0.29) is 6.09 Å². The van der Waals surface area contributed by atoms with E-state index in [0.29, 0.717) is 6.54 Å². The molecule has 1 unspecified atom stereocenters. The molecule has 0 rings (SSSR count). The van der Waals surface area contributed by atoms with Gasteiger partial charge in [0.2, 0.25) is 0 Å². The highest BCUT2D eigenvalue weighted by atomic mass is 31.0. The molecule has 0 aliphatic heterocycles. The minimum absolute atomic E-state index is 0.381. The van der Waals surface area contributed by atoms with Gasteiger partial charge in [0.25, 0.3) is 0 Å². The van der Waals surface area contributed by atoms with Gasteiger partial charge in [-0.3, -0.25) is 0 Å². The van der Waals surface area contributed by atoms with Crippen molar-refractivity contribution in [3.05, 3.63) is 0 Å². The number of carbonyl (C=O) groups is 1. The summed E-state index contributed by atoms with van der Waals surface area (Å²) in [7, 11) is 1.89. The van der Waals surface area contributed by atoms with Crippen LogP contribution in [0.2, 0.25) is 0 Å². The first-order valence-electron chi connectivity index (χ1n) is 2.95. The average Bonchev–Trinajstić information content (AvgIpc) is 1.89. The molecule has 0 radical (unpaired) electrons. The molecule has 0 saturated heterocycles. The Hall–Kier alpha value is -0.300. The van der Waals surface area contributed by atoms with Gasteiger partial charge in [-0.2, -0.15) is 0 Å². The summed E-state index contributed by atoms with van der Waals surface area (Å²) in [5, 5.41) is 2.55. The molecule has 0 aliphatic rings. The van der Waals surface area contributed by atoms with Crippen LogP contribution in [0.1, 0.15) is 19.8 Å². The van der Waals surface area contributed by atoms with Crippen molar-refractivity contribution in [1.29, 1.82) is 0 Å². The molecule has 0 fully saturated rings. The lowest BCUT2D eigenvalue weighted by Crippen LogP contribution is -2.22. The lowest BCUT2D eigenvalue weighted by molar-refractivity contribution is 0.208. The van der Waals surface area contributed by atoms with Gasteiger partial charge in [-0.05, 0) is 6.42 Å². The van der Waals surface area contributed by atoms with E-state index in [1.165, 1.54) is 0 Å². The molecule has 1 N–H and O–H groups in total. The van der Waals surface area contributed by atoms with E-state index in [2.05, 4.69) is 16.8 Å². The molecule has 1 atom stereocenters. The van der Waals surface area contributed by atoms with Gasteiger partial charge in [0, 0.05) is 6.54 Å². The minimum Gasteiger partial charge on any atom is -0.435 e. The average molecular weight is 149 g/mol. The summed E-state index contributed by atoms with van der Waals surface area (Å²) in [6, 6.07) is 0. The molecule has 3 nitrogen and oxygen atoms in total. The summed E-state index contributed by atoms with van der Waals surface area (Å²) in [6.07, 6.45) is 1.70. The highest BCUT2D eigenvalue weighted by molar-refractivity contribution is 7.10. The van der Waals surface area contributed by atoms with Crippen molar-refractivity contribution in [1.82, 2.24) is 5.32 Å². The van der Waals surface area contributed by atoms with Crippen LogP contribution >= 0.6 is 9.47 Å². The van der Waals surface area contributed by atoms with E-state index >= 15 is 0 Å². The molecule has 0 spiro atoms. The fourth-order valence-corrected chi connectivity index (χ4v) is 0.492. The van der Waals surface area contributed by atoms with Crippen LogP contribution in [0, 0.1) is 0 Å². The highest BCUT2D eigenvalue weighted by Crippen LogP contribution is 1.87. The Bertz CT molecular complexity index is 87.0. The molecule has 0 heterocycles. The summed E-state index contributed by atoms with van der Waals surface area (Å²) in [6.45, 7) is 2.76. The summed E-state index contributed by atoms with van der Waals surface area (Å²) in [4.78, 5) is 10.3. The molecule has 9 heavy (non-hydrogen) atoms. The number of rotatable bonds is 3. The fraction of sp³-hybridized carbons (Fsp3) is 0.800. The van der Waals surface area contributed by atoms with Gasteiger partial charge < -0.3 is 9.84 Å². The largest absolute Gasteiger partial charge is 0.435 e. The van der Waals surface area contributed by atoms with Gasteiger partial charge >= 0.3 is 6.09 Å². The quantitative estimate of drug-likeness (QED) is 0.485. The van der Waals surface area contributed by atoms with Crippen molar-refractivity contribution < 1.29 is 9.32 Å². The lowest BCUT2D eigenvalue weighted by Gasteiger charge is -1.99. The second-order valence-electron chi connectivity index (χ2n) is 1.69. The molecule has 1 amide bonds. The van der Waals surface area contributed by atoms with Gasteiger partial charge in [0.15, 0.2) is 0 Å². The third-order valence-electron chi connectivity index (χ3n) is 0.907. The molecule has 0 bridgehead atoms. The molecule has 54 valence electrons. The van der Waals surface area contributed by atoms with Crippen molar-refractivity contribution in [2.24, 2.45) is 0 Å². The summed E-state index contributed by atoms with van der Waals surface area (Å²) >= 11 is 0. The zero-order valence-electron chi connectivity index (χ0n) is 5.52. The van der Waals surface area contributed by atoms with E-state index in [9.17, 15) is 4.79 Å². The van der Waals surface area contributed by atoms with E-state index in [0.717, 1.165) is 12.8 Å². The van der Waals surface area contributed by atoms with E-state index in [1.807, 2.05) is 9.47 Å². The normalized spacial score (nSPS) is 8.67. The maximum absolute atomic E-state index is 10.3. The van der Waals surface area contributed by atoms with Crippen LogP contribution in [-0.2, 0) is 4.52 Å². The third kappa shape index (κ3) is 5.57. The Morgan fingerprint density at radius 2 is 2.44 bits per heavy atom. The standard InChI is InChI=1S/C5H12NO2P/c1-2-3-4-6-5(7)8-9/h2-4,9H2,1H3,(H,6,7). The third-order valence-corrected chi connectivity index (χ3v) is 1.12. The first kappa shape index (κ1) is 8.70. The summed E-state index contributed by atoms with van der Waals surface area (Å²) in [5.41, 5.74) is 0. The molecule has 0 saturated carbocycles. The zero-order valence-corrected chi connectivity index (χ0v) is 6.67. The van der Waals surface area contributed by atoms with Crippen LogP contribution in [0.4, 0.5) is 4.79 Å². The van der Waals surface area contributed by atoms with Crippen LogP contribution in [0.25, 0.3) is 0 Å². The lowest BCUT2D eigenvalue weighted by atomic mass is 10.3. The number of amides is 1. The molecule has 0 aromatic carbocycles. The van der Waals surface area contributed by atoms with Crippen LogP contribution in [0.3, 0.4) is 0 Å². The number of hydrogen-bond acceptors (Lipinski definition) is 2. The van der Waals surface area contributed by atoms with Gasteiger partial charge in [-0.15, -0.1) is 0 Å². The van der Waals surface area contributed by atoms with E-state index < -0.39 is 0 Å². The number of unbranched alkanes of at least 4 members (excludes halogenated alkanes) is 1. The predicted octanol–water partition coefficient (Wildman–Crippen LogP) is 1.30. The Morgan fingerprint density at radius 3 is 2.89 bits per heavy atom. The van der Waals surface area contributed by atoms with Gasteiger partial charge in [-0.1, -0.05) is 13.3 Å². The Labute approximate surface area is 57.4 Å². The maximum Gasteiger partial charge on any atom is 0.409 e. The topological polar surface area (TPSA) is 38.3 Å². The number of carbonyl (C=O) groups excluding carboxylic acids is 1. The minimum atomic E-state index is -0.381. The monoisotopic (exact) mass is 149 g/mol. The summed E-state index contributed by atoms with van der Waals surface area (Å²) in [5.74, 6) is 0. The second kappa shape index (κ2) is 5.83. The Morgan fingerprint density at radius 1 is 1.78 bits per heavy atom. The zero-order chi connectivity index (χ0) is 7.11. The van der Waals surface area contributed by atoms with Crippen molar-refractivity contribution in [3.8, 4) is 0 Å². The van der Waals surface area contributed by atoms with E-state index in [1.54, 1.807) is 0 Å². The fourth-order valence-electron chi connectivity index (χ4n) is 0.409. The first-order chi connectivity index (χ1) is 4.31. The van der Waals surface area contributed by atoms with E-state index in [4.69, 9.17) is 0 Å². The molecule has 0 aromatic heterocycles. The number of hydrogen-bond donors (Lipinski definition) is 1. The van der Waals surface area contributed by atoms with Crippen LogP contribution in [-0.4, -0.2) is 12.6 Å². The maximum atomic E-state index is 10.3. The van der Waals surface area contributed by atoms with Crippen LogP contribution in [0.5, 0.6) is 0 Å². The molecule has 0 aromatic rings. The van der Waals surface area contributed by atoms with Crippen molar-refractivity contribution in [3.63, 3.8) is 0 Å². The second-order valence-corrected chi connectivity index (χ2v) is 1.92. The van der Waals surface area contributed by atoms with Crippen molar-refractivity contribution >= 4 is 15.6 Å².